The van der Waals surface area contributed by atoms with Gasteiger partial charge in [-0.3, -0.25) is 10.1 Å². The molecule has 0 spiro atoms. The summed E-state index contributed by atoms with van der Waals surface area (Å²) in [5, 5.41) is 15.7. The molecule has 3 N–H and O–H groups in total. The van der Waals surface area contributed by atoms with Crippen LogP contribution in [0.2, 0.25) is 0 Å². The van der Waals surface area contributed by atoms with Gasteiger partial charge in [-0.1, -0.05) is 30.3 Å². The molecule has 1 heterocycles. The molecule has 29 heavy (non-hydrogen) atoms. The van der Waals surface area contributed by atoms with E-state index in [2.05, 4.69) is 15.4 Å². The van der Waals surface area contributed by atoms with Gasteiger partial charge in [0.1, 0.15) is 17.5 Å². The molecule has 156 valence electrons. The number of alkyl halides is 3. The quantitative estimate of drug-likeness (QED) is 0.651. The van der Waals surface area contributed by atoms with E-state index in [0.29, 0.717) is 17.7 Å². The van der Waals surface area contributed by atoms with E-state index in [9.17, 15) is 23.1 Å². The number of hydrogen-bond acceptors (Lipinski definition) is 5. The van der Waals surface area contributed by atoms with Crippen LogP contribution in [0.1, 0.15) is 23.6 Å². The summed E-state index contributed by atoms with van der Waals surface area (Å²) in [6.07, 6.45) is -4.46. The summed E-state index contributed by atoms with van der Waals surface area (Å²) in [6, 6.07) is 12.0. The fourth-order valence-corrected chi connectivity index (χ4v) is 3.48. The Morgan fingerprint density at radius 3 is 2.59 bits per heavy atom. The number of halogens is 3. The molecule has 1 aliphatic heterocycles. The Morgan fingerprint density at radius 2 is 1.97 bits per heavy atom. The molecule has 0 bridgehead atoms. The minimum atomic E-state index is -4.79. The van der Waals surface area contributed by atoms with Crippen molar-refractivity contribution < 1.29 is 32.5 Å². The van der Waals surface area contributed by atoms with Gasteiger partial charge in [-0.05, 0) is 30.2 Å². The summed E-state index contributed by atoms with van der Waals surface area (Å²) in [7, 11) is 1.42. The molecule has 0 amide bonds. The maximum atomic E-state index is 12.5. The molecule has 0 radical (unpaired) electrons. The van der Waals surface area contributed by atoms with Gasteiger partial charge in [0, 0.05) is 24.2 Å². The first-order valence-corrected chi connectivity index (χ1v) is 8.96. The molecule has 2 aromatic carbocycles. The number of ether oxygens (including phenoxy) is 2. The maximum absolute atomic E-state index is 12.5. The van der Waals surface area contributed by atoms with E-state index < -0.39 is 18.4 Å². The third-order valence-corrected chi connectivity index (χ3v) is 4.77. The number of carboxylic acids is 1. The summed E-state index contributed by atoms with van der Waals surface area (Å²) in [5.74, 6) is -0.889. The first-order valence-electron chi connectivity index (χ1n) is 8.96. The highest BCUT2D eigenvalue weighted by Gasteiger charge is 2.38. The molecule has 2 aromatic rings. The molecule has 1 fully saturated rings. The van der Waals surface area contributed by atoms with Gasteiger partial charge >= 0.3 is 12.3 Å². The van der Waals surface area contributed by atoms with Crippen LogP contribution in [-0.2, 0) is 11.3 Å². The van der Waals surface area contributed by atoms with E-state index in [1.807, 2.05) is 30.3 Å². The van der Waals surface area contributed by atoms with Crippen molar-refractivity contribution in [3.63, 3.8) is 0 Å². The van der Waals surface area contributed by atoms with Crippen LogP contribution in [0.4, 0.5) is 13.2 Å². The van der Waals surface area contributed by atoms with Crippen molar-refractivity contribution in [1.29, 1.82) is 0 Å². The van der Waals surface area contributed by atoms with Crippen LogP contribution in [0.15, 0.2) is 48.5 Å². The van der Waals surface area contributed by atoms with Crippen LogP contribution in [0.3, 0.4) is 0 Å². The van der Waals surface area contributed by atoms with E-state index in [-0.39, 0.29) is 24.4 Å². The molecule has 1 saturated heterocycles. The number of benzene rings is 2. The molecule has 6 nitrogen and oxygen atoms in total. The summed E-state index contributed by atoms with van der Waals surface area (Å²) >= 11 is 0. The summed E-state index contributed by atoms with van der Waals surface area (Å²) in [5.41, 5.74) is 1.40. The van der Waals surface area contributed by atoms with Gasteiger partial charge in [-0.15, -0.1) is 13.2 Å². The number of aliphatic carboxylic acids is 1. The van der Waals surface area contributed by atoms with Gasteiger partial charge in [0.25, 0.3) is 0 Å². The third-order valence-electron chi connectivity index (χ3n) is 4.77. The molecule has 0 aliphatic carbocycles. The highest BCUT2D eigenvalue weighted by molar-refractivity contribution is 5.74. The van der Waals surface area contributed by atoms with E-state index in [1.165, 1.54) is 25.3 Å². The van der Waals surface area contributed by atoms with Crippen LogP contribution in [0.5, 0.6) is 11.5 Å². The Bertz CT molecular complexity index is 845. The SMILES string of the molecule is COc1ccc(OC(F)(F)F)cc1CNC1CC(C(=O)O)NC1c1ccccc1. The minimum Gasteiger partial charge on any atom is -0.496 e. The standard InChI is InChI=1S/C20H21F3N2O4/c1-28-17-8-7-14(29-20(21,22)23)9-13(17)11-24-15-10-16(19(26)27)25-18(15)12-5-3-2-4-6-12/h2-9,15-16,18,24-25H,10-11H2,1H3,(H,26,27). The van der Waals surface area contributed by atoms with E-state index in [0.717, 1.165) is 5.56 Å². The average molecular weight is 410 g/mol. The molecule has 9 heteroatoms. The average Bonchev–Trinajstić information content (AvgIpc) is 3.10. The number of hydrogen-bond donors (Lipinski definition) is 3. The van der Waals surface area contributed by atoms with Crippen LogP contribution < -0.4 is 20.1 Å². The molecule has 3 atom stereocenters. The van der Waals surface area contributed by atoms with E-state index >= 15 is 0 Å². The normalized spacial score (nSPS) is 21.7. The highest BCUT2D eigenvalue weighted by atomic mass is 19.4. The summed E-state index contributed by atoms with van der Waals surface area (Å²) in [4.78, 5) is 11.4. The Morgan fingerprint density at radius 1 is 1.24 bits per heavy atom. The second-order valence-electron chi connectivity index (χ2n) is 6.69. The monoisotopic (exact) mass is 410 g/mol. The van der Waals surface area contributed by atoms with Crippen molar-refractivity contribution in [2.75, 3.05) is 7.11 Å². The Labute approximate surface area is 165 Å². The fraction of sp³-hybridized carbons (Fsp3) is 0.350. The number of nitrogens with one attached hydrogen (secondary N) is 2. The molecule has 0 aromatic heterocycles. The predicted octanol–water partition coefficient (Wildman–Crippen LogP) is 3.24. The van der Waals surface area contributed by atoms with Crippen molar-refractivity contribution in [2.24, 2.45) is 0 Å². The highest BCUT2D eigenvalue weighted by Crippen LogP contribution is 2.31. The first kappa shape index (κ1) is 20.9. The lowest BCUT2D eigenvalue weighted by molar-refractivity contribution is -0.274. The van der Waals surface area contributed by atoms with Gasteiger partial charge in [-0.2, -0.15) is 0 Å². The van der Waals surface area contributed by atoms with Crippen molar-refractivity contribution >= 4 is 5.97 Å². The van der Waals surface area contributed by atoms with Crippen LogP contribution in [0.25, 0.3) is 0 Å². The smallest absolute Gasteiger partial charge is 0.496 e. The lowest BCUT2D eigenvalue weighted by Crippen LogP contribution is -2.34. The first-order chi connectivity index (χ1) is 13.8. The molecule has 0 saturated carbocycles. The van der Waals surface area contributed by atoms with Crippen LogP contribution >= 0.6 is 0 Å². The largest absolute Gasteiger partial charge is 0.573 e. The molecular weight excluding hydrogens is 389 g/mol. The zero-order valence-electron chi connectivity index (χ0n) is 15.6. The zero-order valence-corrected chi connectivity index (χ0v) is 15.6. The van der Waals surface area contributed by atoms with E-state index in [4.69, 9.17) is 4.74 Å². The van der Waals surface area contributed by atoms with Crippen LogP contribution in [0, 0.1) is 0 Å². The van der Waals surface area contributed by atoms with Crippen molar-refractivity contribution in [2.45, 2.75) is 37.5 Å². The molecule has 1 aliphatic rings. The lowest BCUT2D eigenvalue weighted by atomic mass is 10.00. The number of carboxylic acid groups (broad SMARTS) is 1. The zero-order chi connectivity index (χ0) is 21.0. The Hall–Kier alpha value is -2.78. The van der Waals surface area contributed by atoms with Crippen molar-refractivity contribution in [3.05, 3.63) is 59.7 Å². The Kier molecular flexibility index (Phi) is 6.29. The second-order valence-corrected chi connectivity index (χ2v) is 6.69. The maximum Gasteiger partial charge on any atom is 0.573 e. The third kappa shape index (κ3) is 5.39. The molecule has 3 rings (SSSR count). The van der Waals surface area contributed by atoms with Gasteiger partial charge in [0.2, 0.25) is 0 Å². The van der Waals surface area contributed by atoms with Gasteiger partial charge in [0.05, 0.1) is 7.11 Å². The minimum absolute atomic E-state index is 0.181. The number of methoxy groups -OCH3 is 1. The summed E-state index contributed by atoms with van der Waals surface area (Å²) < 4.78 is 46.7. The van der Waals surface area contributed by atoms with E-state index in [1.54, 1.807) is 0 Å². The second kappa shape index (κ2) is 8.71. The molecular formula is C20H21F3N2O4. The Balaban J connectivity index is 1.77. The van der Waals surface area contributed by atoms with Crippen molar-refractivity contribution in [3.8, 4) is 11.5 Å². The fourth-order valence-electron chi connectivity index (χ4n) is 3.48. The predicted molar refractivity (Wildman–Crippen MR) is 98.7 cm³/mol. The van der Waals surface area contributed by atoms with Crippen LogP contribution in [-0.4, -0.2) is 36.6 Å². The lowest BCUT2D eigenvalue weighted by Gasteiger charge is -2.22. The van der Waals surface area contributed by atoms with Gasteiger partial charge < -0.3 is 19.9 Å². The topological polar surface area (TPSA) is 79.8 Å². The molecule has 3 unspecified atom stereocenters. The van der Waals surface area contributed by atoms with Crippen molar-refractivity contribution in [1.82, 2.24) is 10.6 Å². The van der Waals surface area contributed by atoms with Gasteiger partial charge in [-0.25, -0.2) is 0 Å². The number of rotatable bonds is 7. The summed E-state index contributed by atoms with van der Waals surface area (Å²) in [6.45, 7) is 0.181. The number of carbonyl (C=O) groups is 1. The van der Waals surface area contributed by atoms with Gasteiger partial charge in [0.15, 0.2) is 0 Å².